The Labute approximate surface area is 151 Å². The van der Waals surface area contributed by atoms with Crippen molar-refractivity contribution in [3.8, 4) is 0 Å². The molecule has 0 aromatic heterocycles. The van der Waals surface area contributed by atoms with Crippen molar-refractivity contribution in [2.75, 3.05) is 0 Å². The fraction of sp³-hybridized carbons (Fsp3) is 0.0952. The van der Waals surface area contributed by atoms with E-state index in [-0.39, 0.29) is 23.2 Å². The second-order valence-electron chi connectivity index (χ2n) is 6.04. The summed E-state index contributed by atoms with van der Waals surface area (Å²) >= 11 is 0. The molecule has 0 bridgehead atoms. The van der Waals surface area contributed by atoms with Gasteiger partial charge in [0.1, 0.15) is 0 Å². The Morgan fingerprint density at radius 2 is 1.58 bits per heavy atom. The van der Waals surface area contributed by atoms with Crippen molar-refractivity contribution in [3.63, 3.8) is 0 Å². The Bertz CT molecular complexity index is 922. The van der Waals surface area contributed by atoms with Crippen molar-refractivity contribution in [3.05, 3.63) is 111 Å². The molecule has 1 atom stereocenters. The van der Waals surface area contributed by atoms with Crippen molar-refractivity contribution >= 4 is 11.6 Å². The topological polar surface area (TPSA) is 72.2 Å². The molecule has 0 radical (unpaired) electrons. The van der Waals surface area contributed by atoms with Crippen LogP contribution in [0.25, 0.3) is 0 Å². The predicted octanol–water partition coefficient (Wildman–Crippen LogP) is 4.42. The molecule has 5 nitrogen and oxygen atoms in total. The van der Waals surface area contributed by atoms with Crippen LogP contribution in [-0.4, -0.2) is 10.8 Å². The third-order valence-electron chi connectivity index (χ3n) is 4.14. The zero-order valence-electron chi connectivity index (χ0n) is 14.3. The summed E-state index contributed by atoms with van der Waals surface area (Å²) < 4.78 is 0. The van der Waals surface area contributed by atoms with Crippen molar-refractivity contribution in [1.82, 2.24) is 5.32 Å². The van der Waals surface area contributed by atoms with Crippen LogP contribution < -0.4 is 5.32 Å². The van der Waals surface area contributed by atoms with Crippen LogP contribution in [0.4, 0.5) is 5.69 Å². The Morgan fingerprint density at radius 3 is 2.23 bits per heavy atom. The van der Waals surface area contributed by atoms with Gasteiger partial charge < -0.3 is 5.32 Å². The Balaban J connectivity index is 1.93. The van der Waals surface area contributed by atoms with Gasteiger partial charge in [-0.15, -0.1) is 0 Å². The lowest BCUT2D eigenvalue weighted by atomic mass is 9.97. The van der Waals surface area contributed by atoms with E-state index in [1.54, 1.807) is 6.07 Å². The van der Waals surface area contributed by atoms with Gasteiger partial charge in [0.15, 0.2) is 0 Å². The minimum absolute atomic E-state index is 0.107. The largest absolute Gasteiger partial charge is 0.341 e. The number of hydrogen-bond acceptors (Lipinski definition) is 3. The summed E-state index contributed by atoms with van der Waals surface area (Å²) in [6.45, 7) is 2.00. The number of rotatable bonds is 5. The van der Waals surface area contributed by atoms with Gasteiger partial charge in [-0.05, 0) is 24.1 Å². The number of nitrogens with one attached hydrogen (secondary N) is 1. The second-order valence-corrected chi connectivity index (χ2v) is 6.04. The summed E-state index contributed by atoms with van der Waals surface area (Å²) in [5, 5.41) is 13.9. The summed E-state index contributed by atoms with van der Waals surface area (Å²) in [7, 11) is 0. The summed E-state index contributed by atoms with van der Waals surface area (Å²) in [4.78, 5) is 23.1. The molecule has 130 valence electrons. The van der Waals surface area contributed by atoms with E-state index in [1.165, 1.54) is 18.2 Å². The highest BCUT2D eigenvalue weighted by molar-refractivity contribution is 5.95. The molecule has 0 saturated heterocycles. The molecule has 0 aliphatic carbocycles. The molecule has 3 aromatic carbocycles. The highest BCUT2D eigenvalue weighted by Crippen LogP contribution is 2.23. The molecule has 0 aliphatic rings. The molecular weight excluding hydrogens is 328 g/mol. The Hall–Kier alpha value is -3.47. The normalized spacial score (nSPS) is 11.6. The summed E-state index contributed by atoms with van der Waals surface area (Å²) in [6, 6.07) is 22.9. The molecule has 1 N–H and O–H groups in total. The molecule has 0 heterocycles. The number of aryl methyl sites for hydroxylation is 1. The number of carbonyl (C=O) groups excluding carboxylic acids is 1. The standard InChI is InChI=1S/C21H18N2O3/c1-15-10-12-17(13-11-15)20(16-6-3-2-4-7-16)22-21(24)18-8-5-9-19(14-18)23(25)26/h2-14,20H,1H3,(H,22,24)/t20-/m0/s1. The minimum Gasteiger partial charge on any atom is -0.341 e. The van der Waals surface area contributed by atoms with Crippen LogP contribution in [0.3, 0.4) is 0 Å². The van der Waals surface area contributed by atoms with E-state index < -0.39 is 4.92 Å². The number of non-ortho nitro benzene ring substituents is 1. The van der Waals surface area contributed by atoms with Crippen LogP contribution in [0, 0.1) is 17.0 Å². The fourth-order valence-electron chi connectivity index (χ4n) is 2.74. The monoisotopic (exact) mass is 346 g/mol. The fourth-order valence-corrected chi connectivity index (χ4v) is 2.74. The highest BCUT2D eigenvalue weighted by atomic mass is 16.6. The van der Waals surface area contributed by atoms with Crippen molar-refractivity contribution < 1.29 is 9.72 Å². The Morgan fingerprint density at radius 1 is 0.923 bits per heavy atom. The van der Waals surface area contributed by atoms with E-state index in [9.17, 15) is 14.9 Å². The maximum absolute atomic E-state index is 12.7. The van der Waals surface area contributed by atoms with E-state index >= 15 is 0 Å². The molecule has 3 aromatic rings. The van der Waals surface area contributed by atoms with Gasteiger partial charge in [0, 0.05) is 17.7 Å². The number of nitro groups is 1. The first-order valence-electron chi connectivity index (χ1n) is 8.21. The lowest BCUT2D eigenvalue weighted by molar-refractivity contribution is -0.384. The molecule has 1 amide bonds. The second kappa shape index (κ2) is 7.61. The molecule has 0 aliphatic heterocycles. The zero-order valence-corrected chi connectivity index (χ0v) is 14.3. The van der Waals surface area contributed by atoms with Crippen molar-refractivity contribution in [1.29, 1.82) is 0 Å². The van der Waals surface area contributed by atoms with Crippen molar-refractivity contribution in [2.45, 2.75) is 13.0 Å². The number of nitro benzene ring substituents is 1. The maximum Gasteiger partial charge on any atom is 0.270 e. The van der Waals surface area contributed by atoms with E-state index in [2.05, 4.69) is 5.32 Å². The molecule has 3 rings (SSSR count). The van der Waals surface area contributed by atoms with Crippen LogP contribution >= 0.6 is 0 Å². The summed E-state index contributed by atoms with van der Waals surface area (Å²) in [6.07, 6.45) is 0. The highest BCUT2D eigenvalue weighted by Gasteiger charge is 2.19. The van der Waals surface area contributed by atoms with Crippen LogP contribution in [0.5, 0.6) is 0 Å². The Kier molecular flexibility index (Phi) is 5.08. The number of carbonyl (C=O) groups is 1. The van der Waals surface area contributed by atoms with Crippen LogP contribution in [0.15, 0.2) is 78.9 Å². The lowest BCUT2D eigenvalue weighted by Gasteiger charge is -2.20. The van der Waals surface area contributed by atoms with E-state index in [4.69, 9.17) is 0 Å². The van der Waals surface area contributed by atoms with Gasteiger partial charge in [-0.1, -0.05) is 66.2 Å². The average Bonchev–Trinajstić information content (AvgIpc) is 2.67. The molecular formula is C21H18N2O3. The first kappa shape index (κ1) is 17.4. The number of benzene rings is 3. The average molecular weight is 346 g/mol. The van der Waals surface area contributed by atoms with Crippen molar-refractivity contribution in [2.24, 2.45) is 0 Å². The third kappa shape index (κ3) is 3.95. The summed E-state index contributed by atoms with van der Waals surface area (Å²) in [5.74, 6) is -0.358. The van der Waals surface area contributed by atoms with Gasteiger partial charge in [-0.3, -0.25) is 14.9 Å². The first-order chi connectivity index (χ1) is 12.5. The lowest BCUT2D eigenvalue weighted by Crippen LogP contribution is -2.29. The van der Waals surface area contributed by atoms with Gasteiger partial charge in [-0.2, -0.15) is 0 Å². The summed E-state index contributed by atoms with van der Waals surface area (Å²) in [5.41, 5.74) is 3.16. The smallest absolute Gasteiger partial charge is 0.270 e. The predicted molar refractivity (Wildman–Crippen MR) is 100 cm³/mol. The zero-order chi connectivity index (χ0) is 18.5. The number of hydrogen-bond donors (Lipinski definition) is 1. The molecule has 26 heavy (non-hydrogen) atoms. The van der Waals surface area contributed by atoms with Gasteiger partial charge in [0.25, 0.3) is 11.6 Å². The molecule has 0 fully saturated rings. The van der Waals surface area contributed by atoms with Crippen LogP contribution in [-0.2, 0) is 0 Å². The maximum atomic E-state index is 12.7. The third-order valence-corrected chi connectivity index (χ3v) is 4.14. The minimum atomic E-state index is -0.509. The number of amides is 1. The van der Waals surface area contributed by atoms with Gasteiger partial charge in [0.05, 0.1) is 11.0 Å². The van der Waals surface area contributed by atoms with Crippen LogP contribution in [0.2, 0.25) is 0 Å². The molecule has 5 heteroatoms. The van der Waals surface area contributed by atoms with Gasteiger partial charge in [-0.25, -0.2) is 0 Å². The molecule has 0 unspecified atom stereocenters. The quantitative estimate of drug-likeness (QED) is 0.549. The van der Waals surface area contributed by atoms with Gasteiger partial charge in [0.2, 0.25) is 0 Å². The molecule has 0 saturated carbocycles. The van der Waals surface area contributed by atoms with E-state index in [1.807, 2.05) is 61.5 Å². The van der Waals surface area contributed by atoms with Crippen LogP contribution in [0.1, 0.15) is 33.1 Å². The van der Waals surface area contributed by atoms with E-state index in [0.29, 0.717) is 0 Å². The number of nitrogens with zero attached hydrogens (tertiary/aromatic N) is 1. The molecule has 0 spiro atoms. The van der Waals surface area contributed by atoms with Gasteiger partial charge >= 0.3 is 0 Å². The first-order valence-corrected chi connectivity index (χ1v) is 8.21. The van der Waals surface area contributed by atoms with E-state index in [0.717, 1.165) is 16.7 Å². The SMILES string of the molecule is Cc1ccc([C@@H](NC(=O)c2cccc([N+](=O)[O-])c2)c2ccccc2)cc1.